The highest BCUT2D eigenvalue weighted by Crippen LogP contribution is 2.17. The largest absolute Gasteiger partial charge is 0.406 e. The molecule has 0 aliphatic heterocycles. The zero-order chi connectivity index (χ0) is 12.8. The normalized spacial score (nSPS) is 14.6. The average Bonchev–Trinajstić information content (AvgIpc) is 2.83. The van der Waals surface area contributed by atoms with Crippen LogP contribution in [0.25, 0.3) is 0 Å². The van der Waals surface area contributed by atoms with Crippen LogP contribution in [0.5, 0.6) is 0 Å². The Balaban J connectivity index is 2.64. The van der Waals surface area contributed by atoms with Gasteiger partial charge < -0.3 is 19.7 Å². The van der Waals surface area contributed by atoms with E-state index in [1.54, 1.807) is 4.90 Å². The summed E-state index contributed by atoms with van der Waals surface area (Å²) in [4.78, 5) is 1.77. The monoisotopic (exact) mass is 242 g/mol. The second-order valence-electron chi connectivity index (χ2n) is 4.24. The number of anilines is 1. The molecule has 98 valence electrons. The van der Waals surface area contributed by atoms with E-state index in [4.69, 9.17) is 9.52 Å². The molecule has 1 rings (SSSR count). The van der Waals surface area contributed by atoms with E-state index < -0.39 is 0 Å². The Bertz CT molecular complexity index is 329. The summed E-state index contributed by atoms with van der Waals surface area (Å²) >= 11 is 0. The van der Waals surface area contributed by atoms with Crippen LogP contribution >= 0.6 is 0 Å². The lowest BCUT2D eigenvalue weighted by Gasteiger charge is -2.20. The van der Waals surface area contributed by atoms with E-state index in [0.717, 1.165) is 13.0 Å². The van der Waals surface area contributed by atoms with Gasteiger partial charge in [-0.05, 0) is 26.8 Å². The maximum Gasteiger partial charge on any atom is 0.318 e. The molecule has 17 heavy (non-hydrogen) atoms. The van der Waals surface area contributed by atoms with Gasteiger partial charge in [0.05, 0.1) is 18.7 Å². The first-order chi connectivity index (χ1) is 8.10. The standard InChI is InChI=1S/C11H22N4O2/c1-5-6-12-9(3)10-13-14-11(17-10)15(4)8(2)7-16/h8-9,12,16H,5-7H2,1-4H3. The van der Waals surface area contributed by atoms with Crippen LogP contribution in [0.1, 0.15) is 39.1 Å². The quantitative estimate of drug-likeness (QED) is 0.741. The average molecular weight is 242 g/mol. The summed E-state index contributed by atoms with van der Waals surface area (Å²) in [5.41, 5.74) is 0. The summed E-state index contributed by atoms with van der Waals surface area (Å²) in [5.74, 6) is 0.574. The lowest BCUT2D eigenvalue weighted by atomic mass is 10.3. The number of aromatic nitrogens is 2. The van der Waals surface area contributed by atoms with Gasteiger partial charge in [0, 0.05) is 7.05 Å². The number of nitrogens with zero attached hydrogens (tertiary/aromatic N) is 3. The van der Waals surface area contributed by atoms with Crippen LogP contribution in [-0.2, 0) is 0 Å². The van der Waals surface area contributed by atoms with Gasteiger partial charge >= 0.3 is 6.01 Å². The molecule has 1 aromatic rings. The summed E-state index contributed by atoms with van der Waals surface area (Å²) in [6, 6.07) is 0.447. The summed E-state index contributed by atoms with van der Waals surface area (Å²) < 4.78 is 5.56. The van der Waals surface area contributed by atoms with Crippen molar-refractivity contribution in [1.29, 1.82) is 0 Å². The van der Waals surface area contributed by atoms with Gasteiger partial charge in [0.2, 0.25) is 5.89 Å². The molecule has 0 bridgehead atoms. The van der Waals surface area contributed by atoms with Crippen molar-refractivity contribution >= 4 is 6.01 Å². The van der Waals surface area contributed by atoms with E-state index in [2.05, 4.69) is 22.4 Å². The molecule has 0 saturated carbocycles. The summed E-state index contributed by atoms with van der Waals surface area (Å²) in [7, 11) is 1.82. The highest BCUT2D eigenvalue weighted by molar-refractivity contribution is 5.24. The highest BCUT2D eigenvalue weighted by Gasteiger charge is 2.18. The first kappa shape index (κ1) is 13.9. The molecule has 2 unspecified atom stereocenters. The van der Waals surface area contributed by atoms with Gasteiger partial charge in [0.15, 0.2) is 0 Å². The topological polar surface area (TPSA) is 74.4 Å². The van der Waals surface area contributed by atoms with Crippen LogP contribution in [0.2, 0.25) is 0 Å². The lowest BCUT2D eigenvalue weighted by Crippen LogP contribution is -2.32. The van der Waals surface area contributed by atoms with Crippen molar-refractivity contribution < 1.29 is 9.52 Å². The second-order valence-corrected chi connectivity index (χ2v) is 4.24. The van der Waals surface area contributed by atoms with Crippen molar-refractivity contribution in [3.63, 3.8) is 0 Å². The Labute approximate surface area is 102 Å². The molecule has 0 amide bonds. The molecule has 0 radical (unpaired) electrons. The molecule has 1 heterocycles. The van der Waals surface area contributed by atoms with Crippen molar-refractivity contribution in [3.8, 4) is 0 Å². The van der Waals surface area contributed by atoms with E-state index in [1.165, 1.54) is 0 Å². The van der Waals surface area contributed by atoms with Crippen LogP contribution in [0.15, 0.2) is 4.42 Å². The fraction of sp³-hybridized carbons (Fsp3) is 0.818. The van der Waals surface area contributed by atoms with Gasteiger partial charge in [-0.2, -0.15) is 0 Å². The maximum atomic E-state index is 9.05. The number of hydrogen-bond donors (Lipinski definition) is 2. The fourth-order valence-corrected chi connectivity index (χ4v) is 1.30. The van der Waals surface area contributed by atoms with Gasteiger partial charge in [-0.3, -0.25) is 0 Å². The second kappa shape index (κ2) is 6.56. The number of aliphatic hydroxyl groups is 1. The predicted molar refractivity (Wildman–Crippen MR) is 66.0 cm³/mol. The Morgan fingerprint density at radius 2 is 2.12 bits per heavy atom. The molecule has 0 aliphatic carbocycles. The van der Waals surface area contributed by atoms with Crippen LogP contribution in [0.3, 0.4) is 0 Å². The highest BCUT2D eigenvalue weighted by atomic mass is 16.4. The van der Waals surface area contributed by atoms with Gasteiger partial charge in [0.1, 0.15) is 0 Å². The number of nitrogens with one attached hydrogen (secondary N) is 1. The lowest BCUT2D eigenvalue weighted by molar-refractivity contribution is 0.265. The minimum absolute atomic E-state index is 0.0396. The van der Waals surface area contributed by atoms with E-state index in [0.29, 0.717) is 11.9 Å². The third kappa shape index (κ3) is 3.67. The van der Waals surface area contributed by atoms with Gasteiger partial charge in [-0.15, -0.1) is 5.10 Å². The molecule has 0 fully saturated rings. The third-order valence-electron chi connectivity index (χ3n) is 2.73. The molecular formula is C11H22N4O2. The summed E-state index contributed by atoms with van der Waals surface area (Å²) in [6.07, 6.45) is 1.06. The SMILES string of the molecule is CCCNC(C)c1nnc(N(C)C(C)CO)o1. The molecule has 0 aromatic carbocycles. The fourth-order valence-electron chi connectivity index (χ4n) is 1.30. The van der Waals surface area contributed by atoms with E-state index in [-0.39, 0.29) is 18.7 Å². The number of aliphatic hydroxyl groups excluding tert-OH is 1. The molecule has 0 spiro atoms. The van der Waals surface area contributed by atoms with Crippen molar-refractivity contribution in [1.82, 2.24) is 15.5 Å². The minimum Gasteiger partial charge on any atom is -0.406 e. The maximum absolute atomic E-state index is 9.05. The summed E-state index contributed by atoms with van der Waals surface area (Å²) in [5, 5.41) is 20.3. The molecule has 6 nitrogen and oxygen atoms in total. The van der Waals surface area contributed by atoms with Gasteiger partial charge in [-0.1, -0.05) is 12.0 Å². The first-order valence-corrected chi connectivity index (χ1v) is 6.00. The predicted octanol–water partition coefficient (Wildman–Crippen LogP) is 0.947. The Morgan fingerprint density at radius 3 is 2.71 bits per heavy atom. The molecule has 6 heteroatoms. The smallest absolute Gasteiger partial charge is 0.318 e. The van der Waals surface area contributed by atoms with Crippen molar-refractivity contribution in [2.75, 3.05) is 25.1 Å². The van der Waals surface area contributed by atoms with E-state index in [1.807, 2.05) is 20.9 Å². The van der Waals surface area contributed by atoms with Crippen molar-refractivity contribution in [2.24, 2.45) is 0 Å². The first-order valence-electron chi connectivity index (χ1n) is 6.00. The van der Waals surface area contributed by atoms with Crippen LogP contribution in [0.4, 0.5) is 6.01 Å². The number of likely N-dealkylation sites (N-methyl/N-ethyl adjacent to an activating group) is 1. The zero-order valence-corrected chi connectivity index (χ0v) is 11.0. The Hall–Kier alpha value is -1.14. The zero-order valence-electron chi connectivity index (χ0n) is 11.0. The molecule has 0 aliphatic rings. The third-order valence-corrected chi connectivity index (χ3v) is 2.73. The Kier molecular flexibility index (Phi) is 5.37. The number of hydrogen-bond acceptors (Lipinski definition) is 6. The van der Waals surface area contributed by atoms with Crippen molar-refractivity contribution in [2.45, 2.75) is 39.3 Å². The molecular weight excluding hydrogens is 220 g/mol. The molecule has 1 aromatic heterocycles. The van der Waals surface area contributed by atoms with E-state index >= 15 is 0 Å². The molecule has 2 atom stereocenters. The minimum atomic E-state index is -0.0396. The number of rotatable bonds is 7. The summed E-state index contributed by atoms with van der Waals surface area (Å²) in [6.45, 7) is 6.96. The van der Waals surface area contributed by atoms with Crippen LogP contribution in [-0.4, -0.2) is 41.5 Å². The molecule has 2 N–H and O–H groups in total. The van der Waals surface area contributed by atoms with Crippen LogP contribution < -0.4 is 10.2 Å². The Morgan fingerprint density at radius 1 is 1.41 bits per heavy atom. The van der Waals surface area contributed by atoms with Crippen molar-refractivity contribution in [3.05, 3.63) is 5.89 Å². The molecule has 0 saturated heterocycles. The van der Waals surface area contributed by atoms with Gasteiger partial charge in [-0.25, -0.2) is 0 Å². The van der Waals surface area contributed by atoms with Gasteiger partial charge in [0.25, 0.3) is 0 Å². The van der Waals surface area contributed by atoms with E-state index in [9.17, 15) is 0 Å². The van der Waals surface area contributed by atoms with Crippen LogP contribution in [0, 0.1) is 0 Å².